The molecule has 0 amide bonds. The minimum Gasteiger partial charge on any atom is -0.309 e. The average molecular weight is 540 g/mol. The highest BCUT2D eigenvalue weighted by molar-refractivity contribution is 6.12. The number of aromatic nitrogens is 1. The second kappa shape index (κ2) is 8.69. The van der Waals surface area contributed by atoms with Gasteiger partial charge in [0.25, 0.3) is 0 Å². The number of para-hydroxylation sites is 2. The van der Waals surface area contributed by atoms with E-state index in [2.05, 4.69) is 134 Å². The van der Waals surface area contributed by atoms with Gasteiger partial charge in [0, 0.05) is 16.2 Å². The molecule has 6 aromatic carbocycles. The Kier molecular flexibility index (Phi) is 4.97. The van der Waals surface area contributed by atoms with Crippen LogP contribution in [0.1, 0.15) is 48.9 Å². The van der Waals surface area contributed by atoms with Crippen molar-refractivity contribution in [1.82, 2.24) is 4.57 Å². The van der Waals surface area contributed by atoms with Crippen LogP contribution in [0.15, 0.2) is 115 Å². The summed E-state index contributed by atoms with van der Waals surface area (Å²) in [4.78, 5) is 0. The van der Waals surface area contributed by atoms with E-state index in [4.69, 9.17) is 0 Å². The number of fused-ring (bicyclic) bond motifs is 8. The van der Waals surface area contributed by atoms with Gasteiger partial charge >= 0.3 is 0 Å². The van der Waals surface area contributed by atoms with Gasteiger partial charge < -0.3 is 4.57 Å². The standard InChI is InChI=1S/C41H33N/c1-41(2)36-18-7-8-20-39(36)42-38-22-21-27(24-35(38)33-17-10-19-37(41)40(33)42)26-12-9-13-28(23-26)34-25-29-11-3-4-14-30(29)31-15-5-6-16-32(31)34/h3-4,7-14,17-25H,5-6,15-16H2,1-2H3. The Labute approximate surface area is 247 Å². The van der Waals surface area contributed by atoms with Crippen molar-refractivity contribution in [3.8, 4) is 27.9 Å². The van der Waals surface area contributed by atoms with Crippen molar-refractivity contribution in [1.29, 1.82) is 0 Å². The van der Waals surface area contributed by atoms with Crippen molar-refractivity contribution in [3.05, 3.63) is 138 Å². The first-order valence-corrected chi connectivity index (χ1v) is 15.4. The molecule has 202 valence electrons. The molecule has 2 heterocycles. The Balaban J connectivity index is 1.25. The quantitative estimate of drug-likeness (QED) is 0.206. The Morgan fingerprint density at radius 3 is 2.19 bits per heavy atom. The first-order valence-electron chi connectivity index (χ1n) is 15.4. The molecule has 1 heteroatoms. The van der Waals surface area contributed by atoms with E-state index in [0.717, 1.165) is 0 Å². The van der Waals surface area contributed by atoms with Crippen molar-refractivity contribution < 1.29 is 0 Å². The van der Waals surface area contributed by atoms with Gasteiger partial charge in [0.05, 0.1) is 16.7 Å². The van der Waals surface area contributed by atoms with Crippen molar-refractivity contribution in [2.24, 2.45) is 0 Å². The highest BCUT2D eigenvalue weighted by Gasteiger charge is 2.34. The molecule has 0 saturated carbocycles. The molecular formula is C41H33N. The zero-order chi connectivity index (χ0) is 28.0. The normalized spacial score (nSPS) is 15.2. The molecule has 0 atom stereocenters. The molecule has 0 fully saturated rings. The largest absolute Gasteiger partial charge is 0.309 e. The van der Waals surface area contributed by atoms with E-state index in [0.29, 0.717) is 0 Å². The third kappa shape index (κ3) is 3.25. The first kappa shape index (κ1) is 24.0. The van der Waals surface area contributed by atoms with E-state index in [1.54, 1.807) is 11.1 Å². The first-order chi connectivity index (χ1) is 20.6. The molecule has 9 rings (SSSR count). The van der Waals surface area contributed by atoms with E-state index >= 15 is 0 Å². The molecule has 0 unspecified atom stereocenters. The van der Waals surface area contributed by atoms with E-state index < -0.39 is 0 Å². The highest BCUT2D eigenvalue weighted by atomic mass is 15.0. The second-order valence-electron chi connectivity index (χ2n) is 12.8. The molecule has 2 aliphatic rings. The van der Waals surface area contributed by atoms with Crippen LogP contribution in [0, 0.1) is 0 Å². The molecule has 1 aliphatic carbocycles. The zero-order valence-electron chi connectivity index (χ0n) is 24.2. The number of benzene rings is 6. The maximum absolute atomic E-state index is 2.50. The van der Waals surface area contributed by atoms with Gasteiger partial charge in [-0.3, -0.25) is 0 Å². The van der Waals surface area contributed by atoms with Crippen LogP contribution in [0.2, 0.25) is 0 Å². The van der Waals surface area contributed by atoms with Crippen LogP contribution in [0.25, 0.3) is 60.5 Å². The molecule has 7 aromatic rings. The lowest BCUT2D eigenvalue weighted by molar-refractivity contribution is 0.630. The molecule has 42 heavy (non-hydrogen) atoms. The molecule has 0 N–H and O–H groups in total. The summed E-state index contributed by atoms with van der Waals surface area (Å²) in [5, 5.41) is 5.46. The molecule has 0 radical (unpaired) electrons. The van der Waals surface area contributed by atoms with Gasteiger partial charge in [0.15, 0.2) is 0 Å². The Bertz CT molecular complexity index is 2220. The van der Waals surface area contributed by atoms with Crippen molar-refractivity contribution >= 4 is 32.6 Å². The third-order valence-corrected chi connectivity index (χ3v) is 10.2. The lowest BCUT2D eigenvalue weighted by Crippen LogP contribution is -2.26. The number of rotatable bonds is 2. The Morgan fingerprint density at radius 2 is 1.26 bits per heavy atom. The SMILES string of the molecule is CC1(C)c2ccccc2-n2c3ccc(-c4cccc(-c5cc6ccccc6c6c5CCCC6)c4)cc3c3cccc1c32. The van der Waals surface area contributed by atoms with Crippen LogP contribution >= 0.6 is 0 Å². The Hall–Kier alpha value is -4.62. The number of nitrogens with zero attached hydrogens (tertiary/aromatic N) is 1. The monoisotopic (exact) mass is 539 g/mol. The van der Waals surface area contributed by atoms with Crippen LogP contribution in [0.3, 0.4) is 0 Å². The van der Waals surface area contributed by atoms with E-state index in [-0.39, 0.29) is 5.41 Å². The van der Waals surface area contributed by atoms with Crippen LogP contribution in [0.5, 0.6) is 0 Å². The van der Waals surface area contributed by atoms with Crippen LogP contribution in [-0.2, 0) is 18.3 Å². The lowest BCUT2D eigenvalue weighted by atomic mass is 9.75. The van der Waals surface area contributed by atoms with Gasteiger partial charge in [0.2, 0.25) is 0 Å². The molecular weight excluding hydrogens is 506 g/mol. The summed E-state index contributed by atoms with van der Waals surface area (Å²) in [6.45, 7) is 4.73. The summed E-state index contributed by atoms with van der Waals surface area (Å²) in [5.41, 5.74) is 15.1. The van der Waals surface area contributed by atoms with Crippen molar-refractivity contribution in [3.63, 3.8) is 0 Å². The fourth-order valence-corrected chi connectivity index (χ4v) is 8.11. The van der Waals surface area contributed by atoms with Gasteiger partial charge in [-0.25, -0.2) is 0 Å². The fraction of sp³-hybridized carbons (Fsp3) is 0.171. The molecule has 0 bridgehead atoms. The number of hydrogen-bond acceptors (Lipinski definition) is 0. The van der Waals surface area contributed by atoms with E-state index in [9.17, 15) is 0 Å². The minimum absolute atomic E-state index is 0.0450. The lowest BCUT2D eigenvalue weighted by Gasteiger charge is -2.34. The molecule has 1 aliphatic heterocycles. The number of aryl methyl sites for hydroxylation is 1. The van der Waals surface area contributed by atoms with Gasteiger partial charge in [-0.1, -0.05) is 98.8 Å². The van der Waals surface area contributed by atoms with Gasteiger partial charge in [-0.15, -0.1) is 0 Å². The van der Waals surface area contributed by atoms with Gasteiger partial charge in [-0.05, 0) is 111 Å². The Morgan fingerprint density at radius 1 is 0.548 bits per heavy atom. The molecule has 0 saturated heterocycles. The van der Waals surface area contributed by atoms with E-state index in [1.807, 2.05) is 0 Å². The summed E-state index contributed by atoms with van der Waals surface area (Å²) in [6.07, 6.45) is 4.93. The van der Waals surface area contributed by atoms with E-state index in [1.165, 1.54) is 97.3 Å². The average Bonchev–Trinajstić information content (AvgIpc) is 3.38. The highest BCUT2D eigenvalue weighted by Crippen LogP contribution is 2.48. The third-order valence-electron chi connectivity index (χ3n) is 10.2. The maximum Gasteiger partial charge on any atom is 0.0582 e. The van der Waals surface area contributed by atoms with Crippen LogP contribution in [-0.4, -0.2) is 4.57 Å². The van der Waals surface area contributed by atoms with Crippen LogP contribution in [0.4, 0.5) is 0 Å². The predicted molar refractivity (Wildman–Crippen MR) is 178 cm³/mol. The molecule has 1 aromatic heterocycles. The zero-order valence-corrected chi connectivity index (χ0v) is 24.2. The van der Waals surface area contributed by atoms with Crippen molar-refractivity contribution in [2.45, 2.75) is 44.9 Å². The summed E-state index contributed by atoms with van der Waals surface area (Å²) < 4.78 is 2.50. The fourth-order valence-electron chi connectivity index (χ4n) is 8.11. The van der Waals surface area contributed by atoms with Crippen molar-refractivity contribution in [2.75, 3.05) is 0 Å². The van der Waals surface area contributed by atoms with Gasteiger partial charge in [-0.2, -0.15) is 0 Å². The summed E-state index contributed by atoms with van der Waals surface area (Å²) in [6, 6.07) is 43.5. The minimum atomic E-state index is -0.0450. The van der Waals surface area contributed by atoms with Crippen LogP contribution < -0.4 is 0 Å². The molecule has 1 nitrogen and oxygen atoms in total. The summed E-state index contributed by atoms with van der Waals surface area (Å²) >= 11 is 0. The topological polar surface area (TPSA) is 4.93 Å². The number of hydrogen-bond donors (Lipinski definition) is 0. The smallest absolute Gasteiger partial charge is 0.0582 e. The predicted octanol–water partition coefficient (Wildman–Crippen LogP) is 10.8. The second-order valence-corrected chi connectivity index (χ2v) is 12.8. The molecule has 0 spiro atoms. The maximum atomic E-state index is 2.50. The van der Waals surface area contributed by atoms with Gasteiger partial charge in [0.1, 0.15) is 0 Å². The summed E-state index contributed by atoms with van der Waals surface area (Å²) in [7, 11) is 0. The summed E-state index contributed by atoms with van der Waals surface area (Å²) in [5.74, 6) is 0.